The highest BCUT2D eigenvalue weighted by Crippen LogP contribution is 1.73. The van der Waals surface area contributed by atoms with E-state index in [1.54, 1.807) is 0 Å². The summed E-state index contributed by atoms with van der Waals surface area (Å²) in [7, 11) is 0. The zero-order valence-corrected chi connectivity index (χ0v) is 6.83. The molecule has 0 saturated carbocycles. The maximum absolute atomic E-state index is 9.45. The van der Waals surface area contributed by atoms with Crippen LogP contribution in [0.15, 0.2) is 0 Å². The summed E-state index contributed by atoms with van der Waals surface area (Å²) < 4.78 is 7.14. The Morgan fingerprint density at radius 2 is 1.75 bits per heavy atom. The van der Waals surface area contributed by atoms with Gasteiger partial charge >= 0.3 is 22.6 Å². The molecule has 0 radical (unpaired) electrons. The molecule has 4 nitrogen and oxygen atoms in total. The summed E-state index contributed by atoms with van der Waals surface area (Å²) in [6.07, 6.45) is -1.23. The van der Waals surface area contributed by atoms with Crippen molar-refractivity contribution in [3.05, 3.63) is 0 Å². The number of rotatable bonds is 1. The molecule has 48 valence electrons. The molecule has 3 N–H and O–H groups in total. The van der Waals surface area contributed by atoms with Crippen molar-refractivity contribution < 1.29 is 19.2 Å². The smallest absolute Gasteiger partial charge is 0.407 e. The van der Waals surface area contributed by atoms with Crippen molar-refractivity contribution in [2.45, 2.75) is 13.0 Å². The fourth-order valence-corrected chi connectivity index (χ4v) is 0. The van der Waals surface area contributed by atoms with Gasteiger partial charge in [-0.1, -0.05) is 0 Å². The number of aliphatic hydroxyl groups excluding tert-OH is 1. The third-order valence-corrected chi connectivity index (χ3v) is 0.357. The van der Waals surface area contributed by atoms with Gasteiger partial charge in [-0.05, 0) is 6.92 Å². The molecule has 0 heterocycles. The molecule has 0 rings (SSSR count). The second-order valence-corrected chi connectivity index (χ2v) is 1.01. The Labute approximate surface area is 55.5 Å². The van der Waals surface area contributed by atoms with Gasteiger partial charge in [0.25, 0.3) is 0 Å². The van der Waals surface area contributed by atoms with Gasteiger partial charge in [-0.25, -0.2) is 4.79 Å². The summed E-state index contributed by atoms with van der Waals surface area (Å²) in [5, 5.41) is 15.8. The molecular formula is C3H9AlO4. The number of carbonyl (C=O) groups is 1. The van der Waals surface area contributed by atoms with Crippen LogP contribution in [0.5, 0.6) is 0 Å². The molecule has 0 saturated heterocycles. The van der Waals surface area contributed by atoms with Gasteiger partial charge in [0.2, 0.25) is 0 Å². The molecule has 0 aromatic carbocycles. The normalized spacial score (nSPS) is 10.9. The Morgan fingerprint density at radius 3 is 1.75 bits per heavy atom. The second kappa shape index (κ2) is 6.92. The molecule has 0 aliphatic rings. The molecule has 1 atom stereocenters. The van der Waals surface area contributed by atoms with Crippen molar-refractivity contribution in [2.75, 3.05) is 0 Å². The van der Waals surface area contributed by atoms with Crippen LogP contribution >= 0.6 is 0 Å². The lowest BCUT2D eigenvalue weighted by atomic mass is 10.4. The number of hydrogen-bond donors (Lipinski definition) is 3. The second-order valence-electron chi connectivity index (χ2n) is 1.01. The van der Waals surface area contributed by atoms with Gasteiger partial charge in [-0.15, -0.1) is 0 Å². The minimum Gasteiger partial charge on any atom is -0.521 e. The number of carboxylic acids is 1. The standard InChI is InChI=1S/C3H6O3.Al.H2O.2H/c1-2(4)3(5)6;;;;/h2,4H,1H3,(H,5,6);;1H2;;/q;+1;;;/p-1. The molecule has 1 unspecified atom stereocenters. The Kier molecular flexibility index (Phi) is 9.37. The third kappa shape index (κ3) is 9.33. The summed E-state index contributed by atoms with van der Waals surface area (Å²) in [5.74, 6) is -1.19. The van der Waals surface area contributed by atoms with Crippen LogP contribution in [0, 0.1) is 0 Å². The molecular weight excluding hydrogens is 127 g/mol. The Balaban J connectivity index is 0. The predicted molar refractivity (Wildman–Crippen MR) is 30.1 cm³/mol. The molecule has 0 spiro atoms. The first-order valence-electron chi connectivity index (χ1n) is 2.00. The summed E-state index contributed by atoms with van der Waals surface area (Å²) >= 11 is 0.306. The minimum absolute atomic E-state index is 0.306. The highest BCUT2D eigenvalue weighted by molar-refractivity contribution is 5.95. The SMILES string of the molecule is CC(O)C(=O)O.[OH][AlH2]. The Hall–Kier alpha value is -0.0775. The van der Waals surface area contributed by atoms with Gasteiger partial charge in [-0.3, -0.25) is 0 Å². The van der Waals surface area contributed by atoms with Crippen LogP contribution in [-0.4, -0.2) is 43.1 Å². The summed E-state index contributed by atoms with van der Waals surface area (Å²) in [6.45, 7) is 1.20. The predicted octanol–water partition coefficient (Wildman–Crippen LogP) is -2.02. The van der Waals surface area contributed by atoms with Crippen molar-refractivity contribution in [3.8, 4) is 0 Å². The molecule has 8 heavy (non-hydrogen) atoms. The number of carboxylic acid groups (broad SMARTS) is 1. The lowest BCUT2D eigenvalue weighted by Gasteiger charge is -1.89. The van der Waals surface area contributed by atoms with E-state index in [9.17, 15) is 4.79 Å². The highest BCUT2D eigenvalue weighted by Gasteiger charge is 2.01. The fourth-order valence-electron chi connectivity index (χ4n) is 0. The molecule has 0 aliphatic heterocycles. The topological polar surface area (TPSA) is 77.8 Å². The van der Waals surface area contributed by atoms with Crippen LogP contribution in [0.4, 0.5) is 0 Å². The van der Waals surface area contributed by atoms with Crippen LogP contribution in [-0.2, 0) is 4.79 Å². The van der Waals surface area contributed by atoms with E-state index < -0.39 is 12.1 Å². The quantitative estimate of drug-likeness (QED) is 0.363. The first-order chi connectivity index (χ1) is 3.64. The van der Waals surface area contributed by atoms with Crippen molar-refractivity contribution in [2.24, 2.45) is 0 Å². The first kappa shape index (κ1) is 10.8. The zero-order chi connectivity index (χ0) is 7.15. The summed E-state index contributed by atoms with van der Waals surface area (Å²) in [4.78, 5) is 9.45. The van der Waals surface area contributed by atoms with Crippen LogP contribution in [0.3, 0.4) is 0 Å². The van der Waals surface area contributed by atoms with Crippen molar-refractivity contribution >= 4 is 22.6 Å². The van der Waals surface area contributed by atoms with Crippen LogP contribution in [0.2, 0.25) is 0 Å². The van der Waals surface area contributed by atoms with Gasteiger partial charge in [0.1, 0.15) is 6.10 Å². The number of aliphatic carboxylic acids is 1. The maximum atomic E-state index is 9.45. The van der Waals surface area contributed by atoms with Gasteiger partial charge in [0.05, 0.1) is 0 Å². The molecule has 0 fully saturated rings. The first-order valence-corrected chi connectivity index (χ1v) is 2.89. The minimum atomic E-state index is -1.23. The van der Waals surface area contributed by atoms with Gasteiger partial charge in [-0.2, -0.15) is 0 Å². The van der Waals surface area contributed by atoms with Crippen LogP contribution in [0.25, 0.3) is 0 Å². The maximum Gasteiger partial charge on any atom is 0.407 e. The Bertz CT molecular complexity index is 62.3. The highest BCUT2D eigenvalue weighted by atomic mass is 27.1. The van der Waals surface area contributed by atoms with Crippen molar-refractivity contribution in [3.63, 3.8) is 0 Å². The van der Waals surface area contributed by atoms with E-state index in [1.807, 2.05) is 0 Å². The average molecular weight is 136 g/mol. The van der Waals surface area contributed by atoms with Gasteiger partial charge in [0.15, 0.2) is 0 Å². The lowest BCUT2D eigenvalue weighted by Crippen LogP contribution is -2.13. The van der Waals surface area contributed by atoms with Gasteiger partial charge in [0, 0.05) is 0 Å². The molecule has 0 aromatic rings. The monoisotopic (exact) mass is 136 g/mol. The van der Waals surface area contributed by atoms with E-state index in [2.05, 4.69) is 0 Å². The zero-order valence-electron chi connectivity index (χ0n) is 4.83. The van der Waals surface area contributed by atoms with E-state index in [-0.39, 0.29) is 0 Å². The average Bonchev–Trinajstić information content (AvgIpc) is 1.72. The van der Waals surface area contributed by atoms with Crippen molar-refractivity contribution in [1.82, 2.24) is 0 Å². The van der Waals surface area contributed by atoms with Crippen LogP contribution in [0.1, 0.15) is 6.92 Å². The van der Waals surface area contributed by atoms with E-state index >= 15 is 0 Å². The molecule has 0 aliphatic carbocycles. The van der Waals surface area contributed by atoms with E-state index in [1.165, 1.54) is 6.92 Å². The number of hydrogen-bond acceptors (Lipinski definition) is 3. The molecule has 5 heteroatoms. The summed E-state index contributed by atoms with van der Waals surface area (Å²) in [6, 6.07) is 0. The summed E-state index contributed by atoms with van der Waals surface area (Å²) in [5.41, 5.74) is 0. The largest absolute Gasteiger partial charge is 0.521 e. The molecule has 0 amide bonds. The third-order valence-electron chi connectivity index (χ3n) is 0.357. The molecule has 0 bridgehead atoms. The van der Waals surface area contributed by atoms with E-state index in [4.69, 9.17) is 14.4 Å². The van der Waals surface area contributed by atoms with E-state index in [0.29, 0.717) is 16.6 Å². The molecule has 0 aromatic heterocycles. The fraction of sp³-hybridized carbons (Fsp3) is 0.667. The number of aliphatic hydroxyl groups is 1. The van der Waals surface area contributed by atoms with Gasteiger partial charge < -0.3 is 14.4 Å². The van der Waals surface area contributed by atoms with Crippen LogP contribution < -0.4 is 0 Å². The Morgan fingerprint density at radius 1 is 1.62 bits per heavy atom. The van der Waals surface area contributed by atoms with Crippen molar-refractivity contribution in [1.29, 1.82) is 0 Å². The van der Waals surface area contributed by atoms with E-state index in [0.717, 1.165) is 0 Å². The lowest BCUT2D eigenvalue weighted by molar-refractivity contribution is -0.145.